The maximum absolute atomic E-state index is 12.7. The Morgan fingerprint density at radius 2 is 1.93 bits per heavy atom. The Morgan fingerprint density at radius 1 is 1.25 bits per heavy atom. The molecule has 0 saturated carbocycles. The summed E-state index contributed by atoms with van der Waals surface area (Å²) in [4.78, 5) is 24.8. The number of carbonyl (C=O) groups excluding carboxylic acids is 2. The molecule has 2 unspecified atom stereocenters. The molecule has 28 heavy (non-hydrogen) atoms. The van der Waals surface area contributed by atoms with Crippen molar-refractivity contribution < 1.29 is 28.0 Å². The van der Waals surface area contributed by atoms with Gasteiger partial charge in [0.15, 0.2) is 9.84 Å². The van der Waals surface area contributed by atoms with E-state index in [1.54, 1.807) is 0 Å². The highest BCUT2D eigenvalue weighted by Gasteiger charge is 2.57. The lowest BCUT2D eigenvalue weighted by Gasteiger charge is -2.44. The van der Waals surface area contributed by atoms with Crippen LogP contribution in [0.5, 0.6) is 0 Å². The predicted molar refractivity (Wildman–Crippen MR) is 102 cm³/mol. The second-order valence-corrected chi connectivity index (χ2v) is 9.35. The first-order valence-electron chi connectivity index (χ1n) is 9.04. The average molecular weight is 408 g/mol. The summed E-state index contributed by atoms with van der Waals surface area (Å²) in [5, 5.41) is 11.6. The van der Waals surface area contributed by atoms with Crippen LogP contribution in [-0.2, 0) is 24.2 Å². The smallest absolute Gasteiger partial charge is 0.268 e. The maximum Gasteiger partial charge on any atom is 0.268 e. The summed E-state index contributed by atoms with van der Waals surface area (Å²) in [5.74, 6) is -2.39. The Hall–Kier alpha value is -2.23. The van der Waals surface area contributed by atoms with Crippen LogP contribution >= 0.6 is 0 Å². The van der Waals surface area contributed by atoms with Crippen molar-refractivity contribution >= 4 is 27.2 Å². The highest BCUT2D eigenvalue weighted by Crippen LogP contribution is 2.33. The minimum atomic E-state index is -3.33. The van der Waals surface area contributed by atoms with Gasteiger partial charge < -0.3 is 10.1 Å². The van der Waals surface area contributed by atoms with E-state index in [4.69, 9.17) is 9.94 Å². The molecule has 0 radical (unpaired) electrons. The van der Waals surface area contributed by atoms with Crippen LogP contribution in [0.15, 0.2) is 36.4 Å². The molecule has 3 rings (SSSR count). The van der Waals surface area contributed by atoms with Gasteiger partial charge in [0.25, 0.3) is 5.91 Å². The Morgan fingerprint density at radius 3 is 2.43 bits per heavy atom. The third-order valence-electron chi connectivity index (χ3n) is 5.45. The standard InChI is InChI=1S/C19H24N2O6S/c1-27-19(11-28(25,26)12-19)16(18(23)21-24)20-17(22)15-9-7-14(8-10-15)13-5-3-2-4-6-13/h2-7,15-16,24H,8-12H2,1H3,(H,20,22)(H,21,23). The third kappa shape index (κ3) is 4.11. The summed E-state index contributed by atoms with van der Waals surface area (Å²) >= 11 is 0. The molecule has 0 bridgehead atoms. The number of hydrogen-bond acceptors (Lipinski definition) is 6. The minimum Gasteiger partial charge on any atom is -0.373 e. The lowest BCUT2D eigenvalue weighted by molar-refractivity contribution is -0.144. The van der Waals surface area contributed by atoms with Crippen molar-refractivity contribution in [3.63, 3.8) is 0 Å². The largest absolute Gasteiger partial charge is 0.373 e. The zero-order chi connectivity index (χ0) is 20.4. The zero-order valence-corrected chi connectivity index (χ0v) is 16.4. The Bertz CT molecular complexity index is 869. The van der Waals surface area contributed by atoms with E-state index in [9.17, 15) is 18.0 Å². The van der Waals surface area contributed by atoms with E-state index in [-0.39, 0.29) is 11.8 Å². The lowest BCUT2D eigenvalue weighted by Crippen LogP contribution is -2.71. The molecular weight excluding hydrogens is 384 g/mol. The third-order valence-corrected chi connectivity index (χ3v) is 7.30. The molecule has 0 aromatic heterocycles. The van der Waals surface area contributed by atoms with Gasteiger partial charge in [0.05, 0.1) is 11.5 Å². The summed E-state index contributed by atoms with van der Waals surface area (Å²) < 4.78 is 28.6. The fraction of sp³-hybridized carbons (Fsp3) is 0.474. The fourth-order valence-electron chi connectivity index (χ4n) is 3.85. The summed E-state index contributed by atoms with van der Waals surface area (Å²) in [5.41, 5.74) is 2.42. The number of benzene rings is 1. The number of amides is 2. The normalized spacial score (nSPS) is 23.6. The molecule has 1 aliphatic heterocycles. The first kappa shape index (κ1) is 20.5. The van der Waals surface area contributed by atoms with Crippen molar-refractivity contribution in [2.24, 2.45) is 5.92 Å². The molecular formula is C19H24N2O6S. The highest BCUT2D eigenvalue weighted by atomic mass is 32.2. The molecule has 2 amide bonds. The summed E-state index contributed by atoms with van der Waals surface area (Å²) in [6.07, 6.45) is 3.87. The van der Waals surface area contributed by atoms with Crippen molar-refractivity contribution in [3.8, 4) is 0 Å². The van der Waals surface area contributed by atoms with Gasteiger partial charge in [-0.05, 0) is 30.4 Å². The van der Waals surface area contributed by atoms with Crippen LogP contribution < -0.4 is 10.8 Å². The van der Waals surface area contributed by atoms with Gasteiger partial charge in [0.2, 0.25) is 5.91 Å². The molecule has 1 fully saturated rings. The SMILES string of the molecule is COC1(C(NC(=O)C2CC=C(c3ccccc3)CC2)C(=O)NO)CS(=O)(=O)C1. The van der Waals surface area contributed by atoms with E-state index >= 15 is 0 Å². The van der Waals surface area contributed by atoms with Crippen molar-refractivity contribution in [1.29, 1.82) is 0 Å². The van der Waals surface area contributed by atoms with Gasteiger partial charge in [-0.15, -0.1) is 0 Å². The number of carbonyl (C=O) groups is 2. The number of rotatable bonds is 6. The van der Waals surface area contributed by atoms with Crippen LogP contribution in [0.4, 0.5) is 0 Å². The van der Waals surface area contributed by atoms with Crippen LogP contribution in [-0.4, -0.2) is 55.7 Å². The van der Waals surface area contributed by atoms with Crippen LogP contribution in [0.1, 0.15) is 24.8 Å². The van der Waals surface area contributed by atoms with Crippen LogP contribution in [0.3, 0.4) is 0 Å². The van der Waals surface area contributed by atoms with Gasteiger partial charge in [-0.25, -0.2) is 13.9 Å². The quantitative estimate of drug-likeness (QED) is 0.470. The Kier molecular flexibility index (Phi) is 5.87. The average Bonchev–Trinajstić information content (AvgIpc) is 2.70. The van der Waals surface area contributed by atoms with Crippen molar-refractivity contribution in [1.82, 2.24) is 10.8 Å². The Labute approximate surface area is 163 Å². The molecule has 1 saturated heterocycles. The zero-order valence-electron chi connectivity index (χ0n) is 15.6. The number of sulfone groups is 1. The predicted octanol–water partition coefficient (Wildman–Crippen LogP) is 0.674. The maximum atomic E-state index is 12.7. The van der Waals surface area contributed by atoms with Crippen LogP contribution in [0, 0.1) is 5.92 Å². The van der Waals surface area contributed by atoms with Crippen LogP contribution in [0.25, 0.3) is 5.57 Å². The number of ether oxygens (including phenoxy) is 1. The topological polar surface area (TPSA) is 122 Å². The molecule has 8 nitrogen and oxygen atoms in total. The molecule has 1 aliphatic carbocycles. The molecule has 1 heterocycles. The molecule has 0 spiro atoms. The van der Waals surface area contributed by atoms with Crippen LogP contribution in [0.2, 0.25) is 0 Å². The van der Waals surface area contributed by atoms with Gasteiger partial charge >= 0.3 is 0 Å². The van der Waals surface area contributed by atoms with Gasteiger partial charge in [0, 0.05) is 13.0 Å². The molecule has 9 heteroatoms. The van der Waals surface area contributed by atoms with E-state index in [0.29, 0.717) is 12.8 Å². The monoisotopic (exact) mass is 408 g/mol. The fourth-order valence-corrected chi connectivity index (χ4v) is 5.83. The van der Waals surface area contributed by atoms with Crippen molar-refractivity contribution in [2.45, 2.75) is 30.9 Å². The van der Waals surface area contributed by atoms with Crippen molar-refractivity contribution in [3.05, 3.63) is 42.0 Å². The summed E-state index contributed by atoms with van der Waals surface area (Å²) in [7, 11) is -2.05. The van der Waals surface area contributed by atoms with Gasteiger partial charge in [-0.2, -0.15) is 0 Å². The summed E-state index contributed by atoms with van der Waals surface area (Å²) in [6, 6.07) is 8.62. The van der Waals surface area contributed by atoms with Gasteiger partial charge in [-0.3, -0.25) is 14.8 Å². The number of allylic oxidation sites excluding steroid dienone is 2. The molecule has 2 aliphatic rings. The molecule has 1 aromatic carbocycles. The molecule has 1 aromatic rings. The van der Waals surface area contributed by atoms with E-state index < -0.39 is 38.9 Å². The van der Waals surface area contributed by atoms with Gasteiger partial charge in [0.1, 0.15) is 11.6 Å². The van der Waals surface area contributed by atoms with E-state index in [1.807, 2.05) is 36.4 Å². The Balaban J connectivity index is 1.70. The molecule has 2 atom stereocenters. The number of methoxy groups -OCH3 is 1. The van der Waals surface area contributed by atoms with Crippen molar-refractivity contribution in [2.75, 3.05) is 18.6 Å². The molecule has 3 N–H and O–H groups in total. The van der Waals surface area contributed by atoms with E-state index in [1.165, 1.54) is 18.2 Å². The lowest BCUT2D eigenvalue weighted by atomic mass is 9.85. The minimum absolute atomic E-state index is 0.341. The van der Waals surface area contributed by atoms with E-state index in [2.05, 4.69) is 5.32 Å². The van der Waals surface area contributed by atoms with E-state index in [0.717, 1.165) is 12.0 Å². The number of nitrogens with one attached hydrogen (secondary N) is 2. The highest BCUT2D eigenvalue weighted by molar-refractivity contribution is 7.93. The molecule has 152 valence electrons. The summed E-state index contributed by atoms with van der Waals surface area (Å²) in [6.45, 7) is 0. The first-order valence-corrected chi connectivity index (χ1v) is 10.9. The number of hydrogen-bond donors (Lipinski definition) is 3. The first-order chi connectivity index (χ1) is 13.3. The number of hydroxylamine groups is 1. The second-order valence-electron chi connectivity index (χ2n) is 7.29. The second kappa shape index (κ2) is 8.02. The van der Waals surface area contributed by atoms with Gasteiger partial charge in [-0.1, -0.05) is 36.4 Å².